The Kier molecular flexibility index (Phi) is 4.77. The first-order chi connectivity index (χ1) is 9.24. The van der Waals surface area contributed by atoms with Crippen LogP contribution in [0.5, 0.6) is 0 Å². The van der Waals surface area contributed by atoms with Gasteiger partial charge in [0.1, 0.15) is 11.5 Å². The van der Waals surface area contributed by atoms with E-state index < -0.39 is 0 Å². The SMILES string of the molecule is CCc1ccc(C(CN)N(C)Cc2ccccc2)o1. The molecule has 1 heterocycles. The van der Waals surface area contributed by atoms with Gasteiger partial charge in [-0.2, -0.15) is 0 Å². The van der Waals surface area contributed by atoms with Crippen molar-refractivity contribution in [3.63, 3.8) is 0 Å². The number of likely N-dealkylation sites (N-methyl/N-ethyl adjacent to an activating group) is 1. The van der Waals surface area contributed by atoms with Crippen LogP contribution < -0.4 is 5.73 Å². The number of aryl methyl sites for hydroxylation is 1. The van der Waals surface area contributed by atoms with Gasteiger partial charge >= 0.3 is 0 Å². The van der Waals surface area contributed by atoms with Crippen LogP contribution in [0.15, 0.2) is 46.9 Å². The molecule has 1 aromatic heterocycles. The van der Waals surface area contributed by atoms with Crippen molar-refractivity contribution in [2.45, 2.75) is 25.9 Å². The summed E-state index contributed by atoms with van der Waals surface area (Å²) in [7, 11) is 2.08. The third-order valence-electron chi connectivity index (χ3n) is 3.39. The van der Waals surface area contributed by atoms with E-state index in [1.165, 1.54) is 5.56 Å². The first kappa shape index (κ1) is 13.8. The Morgan fingerprint density at radius 2 is 1.89 bits per heavy atom. The van der Waals surface area contributed by atoms with Gasteiger partial charge in [0, 0.05) is 19.5 Å². The van der Waals surface area contributed by atoms with Crippen LogP contribution in [0.2, 0.25) is 0 Å². The number of hydrogen-bond acceptors (Lipinski definition) is 3. The maximum atomic E-state index is 5.91. The van der Waals surface area contributed by atoms with E-state index in [0.29, 0.717) is 6.54 Å². The zero-order valence-corrected chi connectivity index (χ0v) is 11.7. The molecule has 3 heteroatoms. The molecule has 0 fully saturated rings. The van der Waals surface area contributed by atoms with Crippen molar-refractivity contribution in [2.75, 3.05) is 13.6 Å². The Labute approximate surface area is 115 Å². The summed E-state index contributed by atoms with van der Waals surface area (Å²) in [6.45, 7) is 3.51. The molecule has 19 heavy (non-hydrogen) atoms. The fourth-order valence-corrected chi connectivity index (χ4v) is 2.26. The third-order valence-corrected chi connectivity index (χ3v) is 3.39. The second-order valence-corrected chi connectivity index (χ2v) is 4.81. The molecule has 2 rings (SSSR count). The molecule has 1 atom stereocenters. The van der Waals surface area contributed by atoms with Crippen molar-refractivity contribution >= 4 is 0 Å². The maximum Gasteiger partial charge on any atom is 0.122 e. The van der Waals surface area contributed by atoms with E-state index in [1.807, 2.05) is 18.2 Å². The number of benzene rings is 1. The van der Waals surface area contributed by atoms with Crippen LogP contribution in [-0.4, -0.2) is 18.5 Å². The Morgan fingerprint density at radius 3 is 2.47 bits per heavy atom. The topological polar surface area (TPSA) is 42.4 Å². The van der Waals surface area contributed by atoms with Crippen LogP contribution in [0.25, 0.3) is 0 Å². The van der Waals surface area contributed by atoms with E-state index in [4.69, 9.17) is 10.2 Å². The lowest BCUT2D eigenvalue weighted by molar-refractivity contribution is 0.210. The van der Waals surface area contributed by atoms with Gasteiger partial charge in [-0.25, -0.2) is 0 Å². The molecule has 0 amide bonds. The van der Waals surface area contributed by atoms with Crippen LogP contribution in [-0.2, 0) is 13.0 Å². The number of furan rings is 1. The first-order valence-corrected chi connectivity index (χ1v) is 6.77. The zero-order valence-electron chi connectivity index (χ0n) is 11.7. The molecular formula is C16H22N2O. The molecule has 0 aliphatic rings. The monoisotopic (exact) mass is 258 g/mol. The van der Waals surface area contributed by atoms with Crippen LogP contribution in [0, 0.1) is 0 Å². The van der Waals surface area contributed by atoms with Crippen molar-refractivity contribution < 1.29 is 4.42 Å². The minimum absolute atomic E-state index is 0.125. The fourth-order valence-electron chi connectivity index (χ4n) is 2.26. The summed E-state index contributed by atoms with van der Waals surface area (Å²) in [6.07, 6.45) is 0.916. The summed E-state index contributed by atoms with van der Waals surface area (Å²) in [6, 6.07) is 14.6. The summed E-state index contributed by atoms with van der Waals surface area (Å²) in [5.74, 6) is 1.97. The van der Waals surface area contributed by atoms with Gasteiger partial charge in [0.25, 0.3) is 0 Å². The van der Waals surface area contributed by atoms with E-state index in [-0.39, 0.29) is 6.04 Å². The molecular weight excluding hydrogens is 236 g/mol. The summed E-state index contributed by atoms with van der Waals surface area (Å²) < 4.78 is 5.82. The average Bonchev–Trinajstić information content (AvgIpc) is 2.89. The van der Waals surface area contributed by atoms with E-state index >= 15 is 0 Å². The van der Waals surface area contributed by atoms with Gasteiger partial charge in [0.05, 0.1) is 6.04 Å². The number of rotatable bonds is 6. The lowest BCUT2D eigenvalue weighted by atomic mass is 10.1. The highest BCUT2D eigenvalue weighted by Gasteiger charge is 2.19. The molecule has 0 bridgehead atoms. The summed E-state index contributed by atoms with van der Waals surface area (Å²) >= 11 is 0. The van der Waals surface area contributed by atoms with Crippen LogP contribution in [0.3, 0.4) is 0 Å². The van der Waals surface area contributed by atoms with Crippen LogP contribution in [0.1, 0.15) is 30.0 Å². The summed E-state index contributed by atoms with van der Waals surface area (Å²) in [4.78, 5) is 2.23. The Bertz CT molecular complexity index is 492. The molecule has 0 saturated heterocycles. The maximum absolute atomic E-state index is 5.91. The Morgan fingerprint density at radius 1 is 1.16 bits per heavy atom. The predicted octanol–water partition coefficient (Wildman–Crippen LogP) is 2.97. The normalized spacial score (nSPS) is 12.8. The van der Waals surface area contributed by atoms with Gasteiger partial charge < -0.3 is 10.2 Å². The molecule has 1 aromatic carbocycles. The van der Waals surface area contributed by atoms with Crippen molar-refractivity contribution in [3.8, 4) is 0 Å². The van der Waals surface area contributed by atoms with Crippen molar-refractivity contribution in [1.29, 1.82) is 0 Å². The van der Waals surface area contributed by atoms with Gasteiger partial charge in [0.15, 0.2) is 0 Å². The minimum atomic E-state index is 0.125. The quantitative estimate of drug-likeness (QED) is 0.866. The van der Waals surface area contributed by atoms with E-state index in [1.54, 1.807) is 0 Å². The highest BCUT2D eigenvalue weighted by molar-refractivity contribution is 5.16. The molecule has 0 aliphatic carbocycles. The van der Waals surface area contributed by atoms with Gasteiger partial charge in [0.2, 0.25) is 0 Å². The number of nitrogens with two attached hydrogens (primary N) is 1. The average molecular weight is 258 g/mol. The molecule has 2 aromatic rings. The fraction of sp³-hybridized carbons (Fsp3) is 0.375. The number of hydrogen-bond donors (Lipinski definition) is 1. The second kappa shape index (κ2) is 6.55. The molecule has 102 valence electrons. The summed E-state index contributed by atoms with van der Waals surface area (Å²) in [5.41, 5.74) is 7.19. The van der Waals surface area contributed by atoms with E-state index in [0.717, 1.165) is 24.5 Å². The highest BCUT2D eigenvalue weighted by Crippen LogP contribution is 2.22. The Balaban J connectivity index is 2.08. The molecule has 0 spiro atoms. The first-order valence-electron chi connectivity index (χ1n) is 6.77. The molecule has 3 nitrogen and oxygen atoms in total. The molecule has 0 aliphatic heterocycles. The second-order valence-electron chi connectivity index (χ2n) is 4.81. The van der Waals surface area contributed by atoms with Gasteiger partial charge in [-0.15, -0.1) is 0 Å². The third kappa shape index (κ3) is 3.46. The molecule has 1 unspecified atom stereocenters. The van der Waals surface area contributed by atoms with Gasteiger partial charge in [-0.3, -0.25) is 4.90 Å². The largest absolute Gasteiger partial charge is 0.464 e. The molecule has 0 saturated carbocycles. The van der Waals surface area contributed by atoms with Gasteiger partial charge in [-0.1, -0.05) is 37.3 Å². The van der Waals surface area contributed by atoms with Crippen molar-refractivity contribution in [3.05, 3.63) is 59.5 Å². The molecule has 0 radical (unpaired) electrons. The standard InChI is InChI=1S/C16H22N2O/c1-3-14-9-10-16(19-14)15(11-17)18(2)12-13-7-5-4-6-8-13/h4-10,15H,3,11-12,17H2,1-2H3. The number of nitrogens with zero attached hydrogens (tertiary/aromatic N) is 1. The smallest absolute Gasteiger partial charge is 0.122 e. The van der Waals surface area contributed by atoms with Crippen LogP contribution in [0.4, 0.5) is 0 Å². The van der Waals surface area contributed by atoms with Crippen molar-refractivity contribution in [2.24, 2.45) is 5.73 Å². The zero-order chi connectivity index (χ0) is 13.7. The Hall–Kier alpha value is -1.58. The highest BCUT2D eigenvalue weighted by atomic mass is 16.3. The van der Waals surface area contributed by atoms with Crippen molar-refractivity contribution in [1.82, 2.24) is 4.90 Å². The lowest BCUT2D eigenvalue weighted by Gasteiger charge is -2.25. The van der Waals surface area contributed by atoms with Gasteiger partial charge in [-0.05, 0) is 24.7 Å². The molecule has 2 N–H and O–H groups in total. The lowest BCUT2D eigenvalue weighted by Crippen LogP contribution is -2.29. The van der Waals surface area contributed by atoms with E-state index in [2.05, 4.69) is 43.1 Å². The van der Waals surface area contributed by atoms with Crippen LogP contribution >= 0.6 is 0 Å². The summed E-state index contributed by atoms with van der Waals surface area (Å²) in [5, 5.41) is 0. The van der Waals surface area contributed by atoms with E-state index in [9.17, 15) is 0 Å². The minimum Gasteiger partial charge on any atom is -0.464 e. The predicted molar refractivity (Wildman–Crippen MR) is 77.8 cm³/mol.